The quantitative estimate of drug-likeness (QED) is 0.775. The molecule has 0 spiro atoms. The Morgan fingerprint density at radius 2 is 1.91 bits per heavy atom. The van der Waals surface area contributed by atoms with Gasteiger partial charge >= 0.3 is 5.97 Å². The number of nitrogens with one attached hydrogen (secondary N) is 1. The van der Waals surface area contributed by atoms with Crippen molar-refractivity contribution < 1.29 is 14.3 Å². The molecule has 1 aromatic carbocycles. The predicted octanol–water partition coefficient (Wildman–Crippen LogP) is 3.47. The van der Waals surface area contributed by atoms with E-state index < -0.39 is 5.41 Å². The average molecular weight is 338 g/mol. The van der Waals surface area contributed by atoms with E-state index >= 15 is 0 Å². The monoisotopic (exact) mass is 337 g/mol. The Balaban J connectivity index is 1.88. The van der Waals surface area contributed by atoms with E-state index in [9.17, 15) is 9.59 Å². The van der Waals surface area contributed by atoms with Gasteiger partial charge in [-0.2, -0.15) is 0 Å². The summed E-state index contributed by atoms with van der Waals surface area (Å²) in [4.78, 5) is 24.2. The molecule has 0 bridgehead atoms. The van der Waals surface area contributed by atoms with Gasteiger partial charge in [0.05, 0.1) is 5.41 Å². The lowest BCUT2D eigenvalue weighted by Gasteiger charge is -2.39. The zero-order valence-electron chi connectivity index (χ0n) is 13.7. The Morgan fingerprint density at radius 3 is 2.43 bits per heavy atom. The summed E-state index contributed by atoms with van der Waals surface area (Å²) in [6.45, 7) is 4.58. The van der Waals surface area contributed by atoms with Crippen molar-refractivity contribution in [2.24, 2.45) is 5.92 Å². The van der Waals surface area contributed by atoms with E-state index in [1.54, 1.807) is 12.1 Å². The summed E-state index contributed by atoms with van der Waals surface area (Å²) in [6, 6.07) is 7.29. The van der Waals surface area contributed by atoms with Gasteiger partial charge in [0.25, 0.3) is 5.91 Å². The standard InChI is InChI=1S/C18H24ClNO3/c1-13(2)8-11-20-16(21)12-23-17(22)18(9-3-10-18)14-4-6-15(19)7-5-14/h4-7,13H,3,8-12H2,1-2H3,(H,20,21). The number of carbonyl (C=O) groups is 2. The van der Waals surface area contributed by atoms with E-state index in [0.29, 0.717) is 17.5 Å². The van der Waals surface area contributed by atoms with Gasteiger partial charge in [-0.1, -0.05) is 44.0 Å². The number of hydrogen-bond donors (Lipinski definition) is 1. The molecule has 1 N–H and O–H groups in total. The molecule has 0 saturated heterocycles. The first kappa shape index (κ1) is 17.8. The molecule has 1 amide bonds. The molecule has 1 aromatic rings. The van der Waals surface area contributed by atoms with Gasteiger partial charge < -0.3 is 10.1 Å². The zero-order chi connectivity index (χ0) is 16.9. The third-order valence-electron chi connectivity index (χ3n) is 4.37. The van der Waals surface area contributed by atoms with Crippen LogP contribution in [0.3, 0.4) is 0 Å². The average Bonchev–Trinajstić information content (AvgIpc) is 2.45. The molecule has 0 atom stereocenters. The van der Waals surface area contributed by atoms with Crippen LogP contribution in [0, 0.1) is 5.92 Å². The van der Waals surface area contributed by atoms with Crippen LogP contribution in [-0.4, -0.2) is 25.0 Å². The van der Waals surface area contributed by atoms with Gasteiger partial charge in [-0.15, -0.1) is 0 Å². The summed E-state index contributed by atoms with van der Waals surface area (Å²) in [6.07, 6.45) is 3.40. The van der Waals surface area contributed by atoms with Crippen molar-refractivity contribution in [3.8, 4) is 0 Å². The van der Waals surface area contributed by atoms with Crippen LogP contribution in [0.2, 0.25) is 5.02 Å². The molecule has 1 aliphatic rings. The number of esters is 1. The van der Waals surface area contributed by atoms with Gasteiger partial charge in [0.2, 0.25) is 0 Å². The molecule has 0 unspecified atom stereocenters. The highest BCUT2D eigenvalue weighted by atomic mass is 35.5. The number of halogens is 1. The molecule has 2 rings (SSSR count). The van der Waals surface area contributed by atoms with Gasteiger partial charge in [0.15, 0.2) is 6.61 Å². The fourth-order valence-electron chi connectivity index (χ4n) is 2.73. The first-order valence-electron chi connectivity index (χ1n) is 8.14. The van der Waals surface area contributed by atoms with Crippen LogP contribution in [0.5, 0.6) is 0 Å². The van der Waals surface area contributed by atoms with E-state index in [2.05, 4.69) is 19.2 Å². The van der Waals surface area contributed by atoms with Crippen molar-refractivity contribution in [1.29, 1.82) is 0 Å². The van der Waals surface area contributed by atoms with E-state index in [1.807, 2.05) is 12.1 Å². The lowest BCUT2D eigenvalue weighted by Crippen LogP contribution is -2.45. The maximum Gasteiger partial charge on any atom is 0.317 e. The third kappa shape index (κ3) is 4.47. The first-order chi connectivity index (χ1) is 10.9. The van der Waals surface area contributed by atoms with Crippen LogP contribution in [0.1, 0.15) is 45.1 Å². The fraction of sp³-hybridized carbons (Fsp3) is 0.556. The zero-order valence-corrected chi connectivity index (χ0v) is 14.5. The van der Waals surface area contributed by atoms with E-state index in [1.165, 1.54) is 0 Å². The van der Waals surface area contributed by atoms with Crippen LogP contribution in [0.15, 0.2) is 24.3 Å². The highest BCUT2D eigenvalue weighted by Crippen LogP contribution is 2.45. The third-order valence-corrected chi connectivity index (χ3v) is 4.62. The van der Waals surface area contributed by atoms with Gasteiger partial charge in [0.1, 0.15) is 0 Å². The Labute approximate surface area is 142 Å². The summed E-state index contributed by atoms with van der Waals surface area (Å²) in [7, 11) is 0. The molecule has 1 saturated carbocycles. The van der Waals surface area contributed by atoms with Crippen LogP contribution in [0.4, 0.5) is 0 Å². The van der Waals surface area contributed by atoms with E-state index in [4.69, 9.17) is 16.3 Å². The van der Waals surface area contributed by atoms with Crippen molar-refractivity contribution >= 4 is 23.5 Å². The minimum Gasteiger partial charge on any atom is -0.455 e. The molecule has 126 valence electrons. The van der Waals surface area contributed by atoms with Crippen molar-refractivity contribution in [1.82, 2.24) is 5.32 Å². The maximum absolute atomic E-state index is 12.5. The van der Waals surface area contributed by atoms with Gasteiger partial charge in [-0.25, -0.2) is 0 Å². The summed E-state index contributed by atoms with van der Waals surface area (Å²) >= 11 is 5.91. The van der Waals surface area contributed by atoms with Crippen LogP contribution >= 0.6 is 11.6 Å². The Hall–Kier alpha value is -1.55. The van der Waals surface area contributed by atoms with Crippen LogP contribution in [-0.2, 0) is 19.7 Å². The lowest BCUT2D eigenvalue weighted by molar-refractivity contribution is -0.157. The van der Waals surface area contributed by atoms with Gasteiger partial charge in [0, 0.05) is 11.6 Å². The minimum atomic E-state index is -0.608. The molecule has 0 radical (unpaired) electrons. The topological polar surface area (TPSA) is 55.4 Å². The highest BCUT2D eigenvalue weighted by molar-refractivity contribution is 6.30. The Kier molecular flexibility index (Phi) is 6.05. The number of carbonyl (C=O) groups excluding carboxylic acids is 2. The molecule has 5 heteroatoms. The van der Waals surface area contributed by atoms with Crippen molar-refractivity contribution in [3.05, 3.63) is 34.9 Å². The molecule has 0 aliphatic heterocycles. The summed E-state index contributed by atoms with van der Waals surface area (Å²) in [5.41, 5.74) is 0.307. The Morgan fingerprint density at radius 1 is 1.26 bits per heavy atom. The molecule has 0 aromatic heterocycles. The fourth-order valence-corrected chi connectivity index (χ4v) is 2.86. The number of rotatable bonds is 7. The molecule has 0 heterocycles. The molecular weight excluding hydrogens is 314 g/mol. The molecule has 1 fully saturated rings. The number of amides is 1. The van der Waals surface area contributed by atoms with Crippen molar-refractivity contribution in [2.45, 2.75) is 44.9 Å². The summed E-state index contributed by atoms with van der Waals surface area (Å²) < 4.78 is 5.27. The number of benzene rings is 1. The second-order valence-corrected chi connectivity index (χ2v) is 6.99. The van der Waals surface area contributed by atoms with E-state index in [0.717, 1.165) is 31.2 Å². The molecule has 23 heavy (non-hydrogen) atoms. The lowest BCUT2D eigenvalue weighted by atomic mass is 9.64. The predicted molar refractivity (Wildman–Crippen MR) is 90.4 cm³/mol. The first-order valence-corrected chi connectivity index (χ1v) is 8.52. The van der Waals surface area contributed by atoms with E-state index in [-0.39, 0.29) is 18.5 Å². The SMILES string of the molecule is CC(C)CCNC(=O)COC(=O)C1(c2ccc(Cl)cc2)CCC1. The highest BCUT2D eigenvalue weighted by Gasteiger charge is 2.47. The second kappa shape index (κ2) is 7.82. The number of ether oxygens (including phenoxy) is 1. The van der Waals surface area contributed by atoms with Gasteiger partial charge in [-0.3, -0.25) is 9.59 Å². The maximum atomic E-state index is 12.5. The second-order valence-electron chi connectivity index (χ2n) is 6.55. The Bertz CT molecular complexity index is 550. The molecular formula is C18H24ClNO3. The minimum absolute atomic E-state index is 0.216. The van der Waals surface area contributed by atoms with Crippen LogP contribution in [0.25, 0.3) is 0 Å². The molecule has 4 nitrogen and oxygen atoms in total. The largest absolute Gasteiger partial charge is 0.455 e. The van der Waals surface area contributed by atoms with Crippen LogP contribution < -0.4 is 5.32 Å². The summed E-state index contributed by atoms with van der Waals surface area (Å²) in [5.74, 6) is -0.0318. The summed E-state index contributed by atoms with van der Waals surface area (Å²) in [5, 5.41) is 3.41. The smallest absolute Gasteiger partial charge is 0.317 e. The normalized spacial score (nSPS) is 15.8. The molecule has 1 aliphatic carbocycles. The van der Waals surface area contributed by atoms with Crippen molar-refractivity contribution in [3.63, 3.8) is 0 Å². The van der Waals surface area contributed by atoms with Crippen molar-refractivity contribution in [2.75, 3.05) is 13.2 Å². The number of hydrogen-bond acceptors (Lipinski definition) is 3. The van der Waals surface area contributed by atoms with Gasteiger partial charge in [-0.05, 0) is 42.9 Å².